The molecule has 0 spiro atoms. The maximum atomic E-state index is 5.90. The predicted molar refractivity (Wildman–Crippen MR) is 177 cm³/mol. The minimum Gasteiger partial charge on any atom is -0.405 e. The first kappa shape index (κ1) is 25.0. The Labute approximate surface area is 240 Å². The van der Waals surface area contributed by atoms with Crippen LogP contribution in [-0.2, 0) is 6.42 Å². The van der Waals surface area contributed by atoms with E-state index in [1.165, 1.54) is 60.7 Å². The quantitative estimate of drug-likeness (QED) is 0.228. The number of nitrogens with two attached hydrogens (primary N) is 1. The first-order valence-electron chi connectivity index (χ1n) is 14.4. The van der Waals surface area contributed by atoms with Crippen LogP contribution in [-0.4, -0.2) is 15.7 Å². The molecule has 3 N–H and O–H groups in total. The van der Waals surface area contributed by atoms with Gasteiger partial charge in [0.2, 0.25) is 0 Å². The van der Waals surface area contributed by atoms with Crippen molar-refractivity contribution in [3.63, 3.8) is 0 Å². The van der Waals surface area contributed by atoms with Crippen LogP contribution in [0.15, 0.2) is 103 Å². The monoisotopic (exact) mass is 534 g/mol. The number of benzene rings is 3. The minimum atomic E-state index is 0.828. The lowest BCUT2D eigenvalue weighted by molar-refractivity contribution is 0.946. The third-order valence-corrected chi connectivity index (χ3v) is 8.37. The summed E-state index contributed by atoms with van der Waals surface area (Å²) < 4.78 is 4.74. The van der Waals surface area contributed by atoms with Gasteiger partial charge < -0.3 is 20.2 Å². The van der Waals surface area contributed by atoms with Crippen LogP contribution in [0.2, 0.25) is 0 Å². The van der Waals surface area contributed by atoms with Crippen LogP contribution in [0.4, 0.5) is 0 Å². The van der Waals surface area contributed by atoms with E-state index in [-0.39, 0.29) is 0 Å². The molecule has 7 rings (SSSR count). The van der Waals surface area contributed by atoms with Crippen LogP contribution < -0.4 is 11.1 Å². The summed E-state index contributed by atoms with van der Waals surface area (Å²) >= 11 is 0. The van der Waals surface area contributed by atoms with Gasteiger partial charge in [-0.25, -0.2) is 0 Å². The van der Waals surface area contributed by atoms with Crippen LogP contribution in [0.3, 0.4) is 0 Å². The van der Waals surface area contributed by atoms with Gasteiger partial charge in [0.15, 0.2) is 0 Å². The Balaban J connectivity index is 1.51. The van der Waals surface area contributed by atoms with Gasteiger partial charge in [-0.1, -0.05) is 60.2 Å². The highest BCUT2D eigenvalue weighted by Gasteiger charge is 2.19. The maximum Gasteiger partial charge on any atom is 0.0547 e. The van der Waals surface area contributed by atoms with Gasteiger partial charge in [-0.15, -0.1) is 0 Å². The Hall–Kier alpha value is -4.96. The van der Waals surface area contributed by atoms with E-state index >= 15 is 0 Å². The Morgan fingerprint density at radius 2 is 1.68 bits per heavy atom. The maximum absolute atomic E-state index is 5.90. The molecule has 4 heteroatoms. The van der Waals surface area contributed by atoms with Crippen molar-refractivity contribution in [1.82, 2.24) is 14.5 Å². The first-order valence-corrected chi connectivity index (χ1v) is 14.4. The lowest BCUT2D eigenvalue weighted by atomic mass is 9.94. The average molecular weight is 535 g/mol. The molecule has 2 aromatic heterocycles. The number of aryl methyl sites for hydroxylation is 1. The second-order valence-electron chi connectivity index (χ2n) is 10.8. The smallest absolute Gasteiger partial charge is 0.0547 e. The molecule has 0 saturated heterocycles. The molecule has 0 fully saturated rings. The van der Waals surface area contributed by atoms with E-state index in [9.17, 15) is 0 Å². The van der Waals surface area contributed by atoms with E-state index in [2.05, 4.69) is 125 Å². The zero-order valence-corrected chi connectivity index (χ0v) is 23.6. The fraction of sp³-hybridized carbons (Fsp3) is 0.135. The van der Waals surface area contributed by atoms with E-state index in [0.717, 1.165) is 30.8 Å². The number of nitrogens with one attached hydrogen (secondary N) is 1. The summed E-state index contributed by atoms with van der Waals surface area (Å²) in [6.45, 7) is 5.15. The van der Waals surface area contributed by atoms with Crippen LogP contribution >= 0.6 is 0 Å². The third-order valence-electron chi connectivity index (χ3n) is 8.37. The second kappa shape index (κ2) is 10.2. The molecule has 3 aromatic carbocycles. The topological polar surface area (TPSA) is 47.9 Å². The van der Waals surface area contributed by atoms with Gasteiger partial charge in [0.1, 0.15) is 0 Å². The normalized spacial score (nSPS) is 17.8. The average Bonchev–Trinajstić information content (AvgIpc) is 3.49. The number of aromatic nitrogens is 2. The molecule has 41 heavy (non-hydrogen) atoms. The summed E-state index contributed by atoms with van der Waals surface area (Å²) in [6, 6.07) is 22.2. The van der Waals surface area contributed by atoms with Crippen molar-refractivity contribution in [2.45, 2.75) is 26.7 Å². The van der Waals surface area contributed by atoms with Crippen molar-refractivity contribution >= 4 is 62.3 Å². The van der Waals surface area contributed by atoms with Crippen LogP contribution in [0.1, 0.15) is 42.7 Å². The van der Waals surface area contributed by atoms with Gasteiger partial charge in [-0.3, -0.25) is 0 Å². The van der Waals surface area contributed by atoms with Crippen LogP contribution in [0.5, 0.6) is 0 Å². The zero-order chi connectivity index (χ0) is 27.9. The lowest BCUT2D eigenvalue weighted by Crippen LogP contribution is -2.10. The van der Waals surface area contributed by atoms with Crippen LogP contribution in [0.25, 0.3) is 62.3 Å². The molecule has 0 atom stereocenters. The van der Waals surface area contributed by atoms with Crippen molar-refractivity contribution < 1.29 is 0 Å². The molecule has 2 aliphatic rings. The summed E-state index contributed by atoms with van der Waals surface area (Å²) in [6.07, 6.45) is 21.2. The van der Waals surface area contributed by atoms with Crippen LogP contribution in [0, 0.1) is 0 Å². The van der Waals surface area contributed by atoms with E-state index in [1.54, 1.807) is 6.20 Å². The number of allylic oxidation sites excluding steroid dienone is 6. The van der Waals surface area contributed by atoms with Gasteiger partial charge in [-0.2, -0.15) is 0 Å². The number of fused-ring (bicyclic) bond motifs is 7. The largest absolute Gasteiger partial charge is 0.405 e. The second-order valence-corrected chi connectivity index (χ2v) is 10.8. The summed E-state index contributed by atoms with van der Waals surface area (Å²) in [5, 5.41) is 7.14. The van der Waals surface area contributed by atoms with Gasteiger partial charge in [0.05, 0.1) is 22.2 Å². The highest BCUT2D eigenvalue weighted by atomic mass is 15.0. The molecule has 5 aromatic rings. The number of rotatable bonds is 3. The fourth-order valence-corrected chi connectivity index (χ4v) is 6.43. The number of hydrogen-bond donors (Lipinski definition) is 2. The van der Waals surface area contributed by atoms with Crippen molar-refractivity contribution in [2.24, 2.45) is 5.73 Å². The third kappa shape index (κ3) is 4.15. The molecule has 0 bridgehead atoms. The highest BCUT2D eigenvalue weighted by Crippen LogP contribution is 2.38. The van der Waals surface area contributed by atoms with E-state index in [1.807, 2.05) is 12.3 Å². The number of hydrogen-bond acceptors (Lipinski definition) is 2. The minimum absolute atomic E-state index is 0.828. The van der Waals surface area contributed by atoms with Gasteiger partial charge >= 0.3 is 0 Å². The molecular formula is C37H34N4. The first-order chi connectivity index (χ1) is 20.2. The zero-order valence-electron chi connectivity index (χ0n) is 23.6. The van der Waals surface area contributed by atoms with Crippen molar-refractivity contribution in [3.8, 4) is 0 Å². The highest BCUT2D eigenvalue weighted by molar-refractivity contribution is 6.11. The van der Waals surface area contributed by atoms with Gasteiger partial charge in [0, 0.05) is 39.7 Å². The van der Waals surface area contributed by atoms with Gasteiger partial charge in [-0.05, 0) is 98.8 Å². The lowest BCUT2D eigenvalue weighted by Gasteiger charge is -2.15. The summed E-state index contributed by atoms with van der Waals surface area (Å²) in [4.78, 5) is 0. The van der Waals surface area contributed by atoms with E-state index < -0.39 is 0 Å². The molecule has 202 valence electrons. The summed E-state index contributed by atoms with van der Waals surface area (Å²) in [5.74, 6) is 0. The molecule has 0 saturated carbocycles. The Morgan fingerprint density at radius 1 is 0.878 bits per heavy atom. The molecule has 1 aliphatic carbocycles. The molecule has 4 nitrogen and oxygen atoms in total. The molecule has 0 amide bonds. The Kier molecular flexibility index (Phi) is 6.24. The number of para-hydroxylation sites is 2. The van der Waals surface area contributed by atoms with Crippen molar-refractivity contribution in [1.29, 1.82) is 0 Å². The molecular weight excluding hydrogens is 500 g/mol. The number of dihydropyridines is 1. The fourth-order valence-electron chi connectivity index (χ4n) is 6.43. The Morgan fingerprint density at radius 3 is 2.46 bits per heavy atom. The summed E-state index contributed by atoms with van der Waals surface area (Å²) in [5.41, 5.74) is 18.2. The van der Waals surface area contributed by atoms with Crippen molar-refractivity contribution in [2.75, 3.05) is 6.54 Å². The van der Waals surface area contributed by atoms with Crippen molar-refractivity contribution in [3.05, 3.63) is 125 Å². The molecule has 0 unspecified atom stereocenters. The molecule has 1 aliphatic heterocycles. The van der Waals surface area contributed by atoms with E-state index in [0.29, 0.717) is 0 Å². The molecule has 3 heterocycles. The standard InChI is InChI=1S/C37H34N4/c1-3-28(16-19-38)40-34-10-6-4-8-30(34)32-22-25(2)12-13-26-23-33-31-9-5-7-11-35(31)41(29-17-20-39-21-18-29)37(33)24-27(26)14-15-36(32)40/h3-11,14-20,22-24,39H,12-13,21,38H2,1-2H3/b15-14+,19-16-,25-22+,28-3+. The number of nitrogens with zero attached hydrogens (tertiary/aromatic N) is 2. The predicted octanol–water partition coefficient (Wildman–Crippen LogP) is 8.56. The van der Waals surface area contributed by atoms with E-state index in [4.69, 9.17) is 5.73 Å². The molecule has 0 radical (unpaired) electrons. The van der Waals surface area contributed by atoms with Gasteiger partial charge in [0.25, 0.3) is 0 Å². The summed E-state index contributed by atoms with van der Waals surface area (Å²) in [7, 11) is 0. The Bertz CT molecular complexity index is 2020. The SMILES string of the molecule is C/C=C(\C=C/N)n1c2c(c3ccccc31)/C=C(\C)CCc1cc3c4ccccc4n(C4=CCNC=C4)c3cc1/C=C/2.